The maximum absolute atomic E-state index is 13.1. The van der Waals surface area contributed by atoms with Crippen LogP contribution < -0.4 is 10.3 Å². The van der Waals surface area contributed by atoms with E-state index in [0.29, 0.717) is 11.3 Å². The number of benzene rings is 2. The molecule has 0 aliphatic carbocycles. The second-order valence-electron chi connectivity index (χ2n) is 8.47. The molecule has 0 radical (unpaired) electrons. The van der Waals surface area contributed by atoms with Gasteiger partial charge in [0.15, 0.2) is 0 Å². The molecule has 9 nitrogen and oxygen atoms in total. The van der Waals surface area contributed by atoms with Crippen molar-refractivity contribution in [3.63, 3.8) is 0 Å². The molecule has 34 heavy (non-hydrogen) atoms. The van der Waals surface area contributed by atoms with Crippen molar-refractivity contribution >= 4 is 5.52 Å². The van der Waals surface area contributed by atoms with Crippen LogP contribution in [-0.2, 0) is 6.54 Å². The lowest BCUT2D eigenvalue weighted by Gasteiger charge is -2.09. The standard InChI is InChI=1S/C25H24N6O3/c1-15(2)33-19-9-7-18(8-10-19)24-27-23(34-29-24)13-30-25(32)22-12-21(28-31(22)14-26-30)20-11-16(3)5-6-17(20)4/h5-12,14-15H,13H2,1-4H3. The van der Waals surface area contributed by atoms with E-state index in [2.05, 4.69) is 32.5 Å². The van der Waals surface area contributed by atoms with Crippen LogP contribution in [0.1, 0.15) is 30.9 Å². The van der Waals surface area contributed by atoms with E-state index >= 15 is 0 Å². The van der Waals surface area contributed by atoms with Gasteiger partial charge in [-0.2, -0.15) is 15.2 Å². The van der Waals surface area contributed by atoms with Crippen LogP contribution in [0.2, 0.25) is 0 Å². The Labute approximate surface area is 195 Å². The molecule has 3 aromatic heterocycles. The van der Waals surface area contributed by atoms with Crippen molar-refractivity contribution < 1.29 is 9.26 Å². The number of ether oxygens (including phenoxy) is 1. The molecule has 0 unspecified atom stereocenters. The van der Waals surface area contributed by atoms with Crippen molar-refractivity contribution in [3.8, 4) is 28.4 Å². The van der Waals surface area contributed by atoms with Crippen molar-refractivity contribution in [2.24, 2.45) is 0 Å². The summed E-state index contributed by atoms with van der Waals surface area (Å²) in [6.45, 7) is 8.05. The summed E-state index contributed by atoms with van der Waals surface area (Å²) in [7, 11) is 0. The summed E-state index contributed by atoms with van der Waals surface area (Å²) in [5, 5.41) is 12.8. The van der Waals surface area contributed by atoms with Crippen LogP contribution >= 0.6 is 0 Å². The lowest BCUT2D eigenvalue weighted by molar-refractivity contribution is 0.242. The third-order valence-corrected chi connectivity index (χ3v) is 5.40. The van der Waals surface area contributed by atoms with Crippen LogP contribution in [0.4, 0.5) is 0 Å². The first-order chi connectivity index (χ1) is 16.4. The summed E-state index contributed by atoms with van der Waals surface area (Å²) in [6, 6.07) is 15.4. The van der Waals surface area contributed by atoms with Crippen molar-refractivity contribution in [1.82, 2.24) is 29.5 Å². The highest BCUT2D eigenvalue weighted by Gasteiger charge is 2.15. The molecule has 3 heterocycles. The maximum atomic E-state index is 13.1. The first-order valence-corrected chi connectivity index (χ1v) is 11.0. The molecule has 0 aliphatic rings. The van der Waals surface area contributed by atoms with E-state index in [1.165, 1.54) is 15.5 Å². The van der Waals surface area contributed by atoms with Crippen LogP contribution in [0.5, 0.6) is 5.75 Å². The Balaban J connectivity index is 1.40. The van der Waals surface area contributed by atoms with E-state index in [1.54, 1.807) is 6.07 Å². The van der Waals surface area contributed by atoms with Crippen LogP contribution in [0.15, 0.2) is 64.2 Å². The van der Waals surface area contributed by atoms with Crippen LogP contribution in [0.3, 0.4) is 0 Å². The van der Waals surface area contributed by atoms with E-state index in [1.807, 2.05) is 58.0 Å². The summed E-state index contributed by atoms with van der Waals surface area (Å²) in [6.07, 6.45) is 1.61. The molecule has 172 valence electrons. The molecule has 0 saturated heterocycles. The maximum Gasteiger partial charge on any atom is 0.293 e. The average molecular weight is 457 g/mol. The lowest BCUT2D eigenvalue weighted by Crippen LogP contribution is -2.25. The van der Waals surface area contributed by atoms with Gasteiger partial charge in [-0.15, -0.1) is 0 Å². The van der Waals surface area contributed by atoms with Gasteiger partial charge in [0.2, 0.25) is 11.7 Å². The Bertz CT molecular complexity index is 1530. The minimum absolute atomic E-state index is 0.0564. The van der Waals surface area contributed by atoms with Gasteiger partial charge in [0.05, 0.1) is 11.8 Å². The van der Waals surface area contributed by atoms with Gasteiger partial charge >= 0.3 is 0 Å². The second-order valence-corrected chi connectivity index (χ2v) is 8.47. The highest BCUT2D eigenvalue weighted by atomic mass is 16.5. The van der Waals surface area contributed by atoms with Crippen molar-refractivity contribution in [3.05, 3.63) is 82.2 Å². The lowest BCUT2D eigenvalue weighted by atomic mass is 10.0. The molecule has 0 amide bonds. The Morgan fingerprint density at radius 2 is 1.85 bits per heavy atom. The van der Waals surface area contributed by atoms with Crippen LogP contribution in [0, 0.1) is 13.8 Å². The van der Waals surface area contributed by atoms with Gasteiger partial charge in [0.1, 0.15) is 24.1 Å². The smallest absolute Gasteiger partial charge is 0.293 e. The fourth-order valence-corrected chi connectivity index (χ4v) is 3.71. The molecule has 9 heteroatoms. The molecule has 0 bridgehead atoms. The Kier molecular flexibility index (Phi) is 5.45. The van der Waals surface area contributed by atoms with E-state index in [4.69, 9.17) is 9.26 Å². The Hall–Kier alpha value is -4.27. The summed E-state index contributed by atoms with van der Waals surface area (Å²) >= 11 is 0. The normalized spacial score (nSPS) is 11.4. The van der Waals surface area contributed by atoms with E-state index in [0.717, 1.165) is 33.7 Å². The second kappa shape index (κ2) is 8.58. The third kappa shape index (κ3) is 4.19. The predicted octanol–water partition coefficient (Wildman–Crippen LogP) is 4.06. The van der Waals surface area contributed by atoms with Crippen LogP contribution in [-0.4, -0.2) is 35.6 Å². The summed E-state index contributed by atoms with van der Waals surface area (Å²) < 4.78 is 13.8. The largest absolute Gasteiger partial charge is 0.491 e. The first-order valence-electron chi connectivity index (χ1n) is 11.0. The summed E-state index contributed by atoms with van der Waals surface area (Å²) in [5.41, 5.74) is 4.85. The monoisotopic (exact) mass is 456 g/mol. The third-order valence-electron chi connectivity index (χ3n) is 5.40. The molecular formula is C25H24N6O3. The number of hydrogen-bond donors (Lipinski definition) is 0. The van der Waals surface area contributed by atoms with Gasteiger partial charge in [-0.25, -0.2) is 9.20 Å². The quantitative estimate of drug-likeness (QED) is 0.380. The zero-order valence-corrected chi connectivity index (χ0v) is 19.4. The van der Waals surface area contributed by atoms with Gasteiger partial charge in [0, 0.05) is 11.1 Å². The minimum Gasteiger partial charge on any atom is -0.491 e. The molecule has 5 aromatic rings. The van der Waals surface area contributed by atoms with E-state index in [9.17, 15) is 4.79 Å². The zero-order chi connectivity index (χ0) is 23.8. The molecule has 0 aliphatic heterocycles. The number of hydrogen-bond acceptors (Lipinski definition) is 7. The van der Waals surface area contributed by atoms with Crippen molar-refractivity contribution in [1.29, 1.82) is 0 Å². The van der Waals surface area contributed by atoms with Crippen LogP contribution in [0.25, 0.3) is 28.2 Å². The molecule has 0 saturated carbocycles. The highest BCUT2D eigenvalue weighted by molar-refractivity contribution is 5.69. The Morgan fingerprint density at radius 1 is 1.06 bits per heavy atom. The number of rotatable bonds is 6. The predicted molar refractivity (Wildman–Crippen MR) is 127 cm³/mol. The van der Waals surface area contributed by atoms with Gasteiger partial charge in [-0.05, 0) is 69.7 Å². The summed E-state index contributed by atoms with van der Waals surface area (Å²) in [5.74, 6) is 1.49. The van der Waals surface area contributed by atoms with Gasteiger partial charge in [-0.1, -0.05) is 22.9 Å². The number of nitrogens with zero attached hydrogens (tertiary/aromatic N) is 6. The number of aryl methyl sites for hydroxylation is 2. The van der Waals surface area contributed by atoms with Gasteiger partial charge in [0.25, 0.3) is 5.56 Å². The minimum atomic E-state index is -0.290. The van der Waals surface area contributed by atoms with E-state index in [-0.39, 0.29) is 24.1 Å². The SMILES string of the molecule is Cc1ccc(C)c(-c2cc3c(=O)n(Cc4nc(-c5ccc(OC(C)C)cc5)no4)ncn3n2)c1. The van der Waals surface area contributed by atoms with E-state index < -0.39 is 0 Å². The highest BCUT2D eigenvalue weighted by Crippen LogP contribution is 2.24. The fraction of sp³-hybridized carbons (Fsp3) is 0.240. The molecular weight excluding hydrogens is 432 g/mol. The zero-order valence-electron chi connectivity index (χ0n) is 19.4. The first kappa shape index (κ1) is 21.6. The van der Waals surface area contributed by atoms with Gasteiger partial charge in [-0.3, -0.25) is 4.79 Å². The number of aromatic nitrogens is 6. The topological polar surface area (TPSA) is 100 Å². The molecule has 0 spiro atoms. The van der Waals surface area contributed by atoms with Gasteiger partial charge < -0.3 is 9.26 Å². The summed E-state index contributed by atoms with van der Waals surface area (Å²) in [4.78, 5) is 17.5. The Morgan fingerprint density at radius 3 is 2.62 bits per heavy atom. The molecule has 0 fully saturated rings. The van der Waals surface area contributed by atoms with Crippen molar-refractivity contribution in [2.75, 3.05) is 0 Å². The molecule has 2 aromatic carbocycles. The van der Waals surface area contributed by atoms with Crippen molar-refractivity contribution in [2.45, 2.75) is 40.3 Å². The molecule has 0 atom stereocenters. The molecule has 5 rings (SSSR count). The molecule has 0 N–H and O–H groups in total. The fourth-order valence-electron chi connectivity index (χ4n) is 3.71. The number of fused-ring (bicyclic) bond motifs is 1. The average Bonchev–Trinajstić information content (AvgIpc) is 3.45.